The van der Waals surface area contributed by atoms with Gasteiger partial charge in [-0.1, -0.05) is 30.3 Å². The summed E-state index contributed by atoms with van der Waals surface area (Å²) in [6.45, 7) is 2.21. The number of amides is 1. The second-order valence-electron chi connectivity index (χ2n) is 5.65. The van der Waals surface area contributed by atoms with Crippen molar-refractivity contribution < 1.29 is 9.53 Å². The number of carbonyl (C=O) groups excluding carboxylic acids is 1. The molecule has 1 atom stereocenters. The van der Waals surface area contributed by atoms with Crippen LogP contribution in [0.1, 0.15) is 18.4 Å². The summed E-state index contributed by atoms with van der Waals surface area (Å²) in [5.74, 6) is 5.78. The molecule has 1 amide bonds. The van der Waals surface area contributed by atoms with Crippen LogP contribution in [0.5, 0.6) is 0 Å². The third-order valence-corrected chi connectivity index (χ3v) is 4.23. The molecule has 0 spiro atoms. The molecule has 1 unspecified atom stereocenters. The van der Waals surface area contributed by atoms with Gasteiger partial charge in [-0.3, -0.25) is 15.1 Å². The van der Waals surface area contributed by atoms with Crippen molar-refractivity contribution in [1.82, 2.24) is 10.3 Å². The van der Waals surface area contributed by atoms with Crippen LogP contribution in [0.2, 0.25) is 0 Å². The van der Waals surface area contributed by atoms with Crippen molar-refractivity contribution in [3.63, 3.8) is 0 Å². The normalized spacial score (nSPS) is 18.4. The molecule has 1 aromatic rings. The maximum atomic E-state index is 11.8. The van der Waals surface area contributed by atoms with Crippen LogP contribution < -0.4 is 11.3 Å². The Balaban J connectivity index is 1.85. The lowest BCUT2D eigenvalue weighted by atomic mass is 9.89. The summed E-state index contributed by atoms with van der Waals surface area (Å²) < 4.78 is 5.14. The lowest BCUT2D eigenvalue weighted by molar-refractivity contribution is -0.129. The highest BCUT2D eigenvalue weighted by molar-refractivity contribution is 5.81. The smallest absolute Gasteiger partial charge is 0.253 e. The topological polar surface area (TPSA) is 67.6 Å². The van der Waals surface area contributed by atoms with Crippen LogP contribution in [0.4, 0.5) is 0 Å². The highest BCUT2D eigenvalue weighted by atomic mass is 16.5. The zero-order valence-electron chi connectivity index (χ0n) is 12.6. The van der Waals surface area contributed by atoms with E-state index < -0.39 is 0 Å². The molecular weight excluding hydrogens is 266 g/mol. The summed E-state index contributed by atoms with van der Waals surface area (Å²) in [4.78, 5) is 14.0. The fourth-order valence-corrected chi connectivity index (χ4v) is 3.02. The Morgan fingerprint density at radius 3 is 2.62 bits per heavy atom. The Morgan fingerprint density at radius 2 is 2.05 bits per heavy atom. The molecule has 2 rings (SSSR count). The lowest BCUT2D eigenvalue weighted by Crippen LogP contribution is -2.53. The van der Waals surface area contributed by atoms with Crippen LogP contribution in [-0.2, 0) is 16.0 Å². The summed E-state index contributed by atoms with van der Waals surface area (Å²) >= 11 is 0. The molecule has 1 heterocycles. The van der Waals surface area contributed by atoms with E-state index in [1.165, 1.54) is 5.56 Å². The number of ether oxygens (including phenoxy) is 1. The van der Waals surface area contributed by atoms with E-state index in [0.29, 0.717) is 12.5 Å². The first-order valence-corrected chi connectivity index (χ1v) is 7.52. The third kappa shape index (κ3) is 4.52. The van der Waals surface area contributed by atoms with Crippen LogP contribution in [-0.4, -0.2) is 43.7 Å². The minimum atomic E-state index is -0.280. The molecular formula is C16H25N3O2. The summed E-state index contributed by atoms with van der Waals surface area (Å²) in [7, 11) is 1.61. The van der Waals surface area contributed by atoms with Crippen molar-refractivity contribution >= 4 is 5.91 Å². The van der Waals surface area contributed by atoms with E-state index in [2.05, 4.69) is 34.6 Å². The second kappa shape index (κ2) is 8.12. The number of hydrogen-bond donors (Lipinski definition) is 2. The molecule has 3 N–H and O–H groups in total. The number of likely N-dealkylation sites (tertiary alicyclic amines) is 1. The molecule has 0 aromatic heterocycles. The predicted molar refractivity (Wildman–Crippen MR) is 82.4 cm³/mol. The number of hydrazine groups is 1. The van der Waals surface area contributed by atoms with Gasteiger partial charge in [0.25, 0.3) is 5.91 Å². The standard InChI is InChI=1S/C16H25N3O2/c1-21-12-15(16(20)18-17)19-9-7-14(8-10-19)11-13-5-3-2-4-6-13/h2-6,14-15H,7-12,17H2,1H3,(H,18,20). The summed E-state index contributed by atoms with van der Waals surface area (Å²) in [5.41, 5.74) is 3.63. The van der Waals surface area contributed by atoms with Crippen molar-refractivity contribution in [2.45, 2.75) is 25.3 Å². The summed E-state index contributed by atoms with van der Waals surface area (Å²) in [5, 5.41) is 0. The third-order valence-electron chi connectivity index (χ3n) is 4.23. The van der Waals surface area contributed by atoms with E-state index in [-0.39, 0.29) is 11.9 Å². The number of nitrogens with one attached hydrogen (secondary N) is 1. The van der Waals surface area contributed by atoms with Gasteiger partial charge in [-0.2, -0.15) is 0 Å². The molecule has 1 aromatic carbocycles. The van der Waals surface area contributed by atoms with Gasteiger partial charge < -0.3 is 4.74 Å². The average molecular weight is 291 g/mol. The Kier molecular flexibility index (Phi) is 6.17. The molecule has 1 aliphatic heterocycles. The maximum absolute atomic E-state index is 11.8. The SMILES string of the molecule is COCC(C(=O)NN)N1CCC(Cc2ccccc2)CC1. The first-order valence-electron chi connectivity index (χ1n) is 7.52. The monoisotopic (exact) mass is 291 g/mol. The van der Waals surface area contributed by atoms with Gasteiger partial charge in [-0.05, 0) is 43.8 Å². The van der Waals surface area contributed by atoms with Gasteiger partial charge in [-0.25, -0.2) is 5.84 Å². The van der Waals surface area contributed by atoms with Crippen LogP contribution in [0.25, 0.3) is 0 Å². The first-order chi connectivity index (χ1) is 10.2. The van der Waals surface area contributed by atoms with E-state index >= 15 is 0 Å². The highest BCUT2D eigenvalue weighted by Gasteiger charge is 2.29. The molecule has 0 bridgehead atoms. The quantitative estimate of drug-likeness (QED) is 0.465. The van der Waals surface area contributed by atoms with E-state index in [0.717, 1.165) is 32.4 Å². The first kappa shape index (κ1) is 15.9. The van der Waals surface area contributed by atoms with E-state index in [1.54, 1.807) is 7.11 Å². The average Bonchev–Trinajstić information content (AvgIpc) is 2.54. The number of nitrogens with two attached hydrogens (primary N) is 1. The second-order valence-corrected chi connectivity index (χ2v) is 5.65. The van der Waals surface area contributed by atoms with Crippen molar-refractivity contribution in [1.29, 1.82) is 0 Å². The van der Waals surface area contributed by atoms with E-state index in [9.17, 15) is 4.79 Å². The van der Waals surface area contributed by atoms with Gasteiger partial charge in [-0.15, -0.1) is 0 Å². The fraction of sp³-hybridized carbons (Fsp3) is 0.562. The molecule has 116 valence electrons. The molecule has 0 radical (unpaired) electrons. The number of hydrogen-bond acceptors (Lipinski definition) is 4. The number of benzene rings is 1. The van der Waals surface area contributed by atoms with E-state index in [1.807, 2.05) is 6.07 Å². The Labute approximate surface area is 126 Å². The summed E-state index contributed by atoms with van der Waals surface area (Å²) in [6, 6.07) is 10.3. The van der Waals surface area contributed by atoms with Crippen molar-refractivity contribution in [3.8, 4) is 0 Å². The van der Waals surface area contributed by atoms with Gasteiger partial charge in [0.05, 0.1) is 6.61 Å². The zero-order valence-corrected chi connectivity index (χ0v) is 12.6. The Bertz CT molecular complexity index is 430. The van der Waals surface area contributed by atoms with Crippen molar-refractivity contribution in [3.05, 3.63) is 35.9 Å². The molecule has 5 heteroatoms. The number of nitrogens with zero attached hydrogens (tertiary/aromatic N) is 1. The summed E-state index contributed by atoms with van der Waals surface area (Å²) in [6.07, 6.45) is 3.33. The molecule has 0 aliphatic carbocycles. The molecule has 21 heavy (non-hydrogen) atoms. The van der Waals surface area contributed by atoms with Crippen molar-refractivity contribution in [2.24, 2.45) is 11.8 Å². The highest BCUT2D eigenvalue weighted by Crippen LogP contribution is 2.23. The lowest BCUT2D eigenvalue weighted by Gasteiger charge is -2.36. The van der Waals surface area contributed by atoms with Crippen molar-refractivity contribution in [2.75, 3.05) is 26.8 Å². The van der Waals surface area contributed by atoms with Gasteiger partial charge in [0, 0.05) is 7.11 Å². The maximum Gasteiger partial charge on any atom is 0.253 e. The van der Waals surface area contributed by atoms with E-state index in [4.69, 9.17) is 10.6 Å². The minimum absolute atomic E-state index is 0.168. The van der Waals surface area contributed by atoms with Crippen LogP contribution in [0.3, 0.4) is 0 Å². The fourth-order valence-electron chi connectivity index (χ4n) is 3.02. The Hall–Kier alpha value is -1.43. The number of methoxy groups -OCH3 is 1. The number of carbonyl (C=O) groups is 1. The van der Waals surface area contributed by atoms with Crippen LogP contribution >= 0.6 is 0 Å². The number of rotatable bonds is 6. The molecule has 1 saturated heterocycles. The van der Waals surface area contributed by atoms with Crippen LogP contribution in [0.15, 0.2) is 30.3 Å². The predicted octanol–water partition coefficient (Wildman–Crippen LogP) is 0.946. The van der Waals surface area contributed by atoms with Gasteiger partial charge >= 0.3 is 0 Å². The molecule has 1 aliphatic rings. The minimum Gasteiger partial charge on any atom is -0.383 e. The van der Waals surface area contributed by atoms with Gasteiger partial charge in [0.2, 0.25) is 0 Å². The number of piperidine rings is 1. The molecule has 0 saturated carbocycles. The Morgan fingerprint density at radius 1 is 1.38 bits per heavy atom. The largest absolute Gasteiger partial charge is 0.383 e. The van der Waals surface area contributed by atoms with Gasteiger partial charge in [0.1, 0.15) is 6.04 Å². The zero-order chi connectivity index (χ0) is 15.1. The molecule has 1 fully saturated rings. The van der Waals surface area contributed by atoms with Crippen LogP contribution in [0, 0.1) is 5.92 Å². The van der Waals surface area contributed by atoms with Gasteiger partial charge in [0.15, 0.2) is 0 Å². The molecule has 5 nitrogen and oxygen atoms in total.